The minimum absolute atomic E-state index is 0.134. The van der Waals surface area contributed by atoms with Crippen LogP contribution in [-0.4, -0.2) is 41.0 Å². The molecular formula is C15H17F3N4O. The average molecular weight is 326 g/mol. The quantitative estimate of drug-likeness (QED) is 0.881. The van der Waals surface area contributed by atoms with Gasteiger partial charge in [0.05, 0.1) is 11.0 Å². The van der Waals surface area contributed by atoms with Crippen molar-refractivity contribution in [3.05, 3.63) is 39.3 Å². The van der Waals surface area contributed by atoms with E-state index in [2.05, 4.69) is 20.2 Å². The van der Waals surface area contributed by atoms with Crippen molar-refractivity contribution in [3.8, 4) is 0 Å². The van der Waals surface area contributed by atoms with Crippen molar-refractivity contribution >= 4 is 11.0 Å². The van der Waals surface area contributed by atoms with Crippen LogP contribution in [0, 0.1) is 6.92 Å². The van der Waals surface area contributed by atoms with Crippen LogP contribution < -0.4 is 10.9 Å². The number of fused-ring (bicyclic) bond motifs is 1. The summed E-state index contributed by atoms with van der Waals surface area (Å²) in [7, 11) is 0. The van der Waals surface area contributed by atoms with Crippen LogP contribution in [0.15, 0.2) is 17.1 Å². The SMILES string of the molecule is Cc1c(C(F)(F)F)c(=O)[nH]c2cc(CN3CCNCC3)cnc12. The van der Waals surface area contributed by atoms with E-state index in [1.165, 1.54) is 6.92 Å². The van der Waals surface area contributed by atoms with E-state index in [-0.39, 0.29) is 11.1 Å². The topological polar surface area (TPSA) is 61.0 Å². The number of hydrogen-bond acceptors (Lipinski definition) is 4. The Kier molecular flexibility index (Phi) is 4.11. The van der Waals surface area contributed by atoms with E-state index in [4.69, 9.17) is 0 Å². The normalized spacial score (nSPS) is 16.9. The van der Waals surface area contributed by atoms with Crippen LogP contribution in [-0.2, 0) is 12.7 Å². The van der Waals surface area contributed by atoms with Gasteiger partial charge in [-0.05, 0) is 24.1 Å². The van der Waals surface area contributed by atoms with Crippen molar-refractivity contribution in [2.45, 2.75) is 19.6 Å². The summed E-state index contributed by atoms with van der Waals surface area (Å²) >= 11 is 0. The number of halogens is 3. The van der Waals surface area contributed by atoms with Crippen molar-refractivity contribution in [3.63, 3.8) is 0 Å². The molecule has 3 rings (SSSR count). The fraction of sp³-hybridized carbons (Fsp3) is 0.467. The van der Waals surface area contributed by atoms with Crippen molar-refractivity contribution < 1.29 is 13.2 Å². The Labute approximate surface area is 130 Å². The van der Waals surface area contributed by atoms with Gasteiger partial charge in [-0.1, -0.05) is 0 Å². The van der Waals surface area contributed by atoms with Crippen LogP contribution in [0.25, 0.3) is 11.0 Å². The predicted molar refractivity (Wildman–Crippen MR) is 80.2 cm³/mol. The molecule has 1 aliphatic heterocycles. The maximum Gasteiger partial charge on any atom is 0.422 e. The molecule has 0 bridgehead atoms. The molecule has 0 amide bonds. The third-order valence-electron chi connectivity index (χ3n) is 4.05. The highest BCUT2D eigenvalue weighted by Gasteiger charge is 2.36. The van der Waals surface area contributed by atoms with Crippen LogP contribution in [0.3, 0.4) is 0 Å². The number of rotatable bonds is 2. The lowest BCUT2D eigenvalue weighted by Crippen LogP contribution is -2.42. The highest BCUT2D eigenvalue weighted by atomic mass is 19.4. The summed E-state index contributed by atoms with van der Waals surface area (Å²) in [4.78, 5) is 20.5. The Morgan fingerprint density at radius 3 is 2.65 bits per heavy atom. The molecular weight excluding hydrogens is 309 g/mol. The van der Waals surface area contributed by atoms with E-state index in [9.17, 15) is 18.0 Å². The second kappa shape index (κ2) is 5.93. The smallest absolute Gasteiger partial charge is 0.320 e. The standard InChI is InChI=1S/C15H17F3N4O/c1-9-12(15(16,17)18)14(23)21-11-6-10(7-20-13(9)11)8-22-4-2-19-3-5-22/h6-7,19H,2-5,8H2,1H3,(H,21,23). The zero-order valence-corrected chi connectivity index (χ0v) is 12.6. The third-order valence-corrected chi connectivity index (χ3v) is 4.05. The van der Waals surface area contributed by atoms with Gasteiger partial charge in [0.2, 0.25) is 0 Å². The van der Waals surface area contributed by atoms with Gasteiger partial charge in [0.1, 0.15) is 5.56 Å². The summed E-state index contributed by atoms with van der Waals surface area (Å²) in [6.45, 7) is 5.56. The number of H-pyrrole nitrogens is 1. The Hall–Kier alpha value is -1.93. The Morgan fingerprint density at radius 1 is 1.30 bits per heavy atom. The maximum atomic E-state index is 13.0. The molecule has 0 unspecified atom stereocenters. The van der Waals surface area contributed by atoms with Crippen molar-refractivity contribution in [1.82, 2.24) is 20.2 Å². The average Bonchev–Trinajstić information content (AvgIpc) is 2.46. The summed E-state index contributed by atoms with van der Waals surface area (Å²) < 4.78 is 38.9. The molecule has 0 saturated carbocycles. The molecule has 1 aliphatic rings. The van der Waals surface area contributed by atoms with Gasteiger partial charge in [-0.3, -0.25) is 14.7 Å². The fourth-order valence-corrected chi connectivity index (χ4v) is 2.93. The van der Waals surface area contributed by atoms with Crippen LogP contribution in [0.5, 0.6) is 0 Å². The number of aromatic nitrogens is 2. The molecule has 0 radical (unpaired) electrons. The number of nitrogens with zero attached hydrogens (tertiary/aromatic N) is 2. The molecule has 1 fully saturated rings. The van der Waals surface area contributed by atoms with Gasteiger partial charge in [0.25, 0.3) is 5.56 Å². The van der Waals surface area contributed by atoms with E-state index < -0.39 is 17.3 Å². The molecule has 124 valence electrons. The van der Waals surface area contributed by atoms with E-state index in [0.29, 0.717) is 12.1 Å². The Bertz CT molecular complexity index is 779. The molecule has 3 heterocycles. The summed E-state index contributed by atoms with van der Waals surface area (Å²) in [5.41, 5.74) is -1.04. The van der Waals surface area contributed by atoms with Gasteiger partial charge >= 0.3 is 6.18 Å². The van der Waals surface area contributed by atoms with Gasteiger partial charge in [-0.25, -0.2) is 0 Å². The number of piperazine rings is 1. The number of pyridine rings is 2. The Morgan fingerprint density at radius 2 is 2.00 bits per heavy atom. The fourth-order valence-electron chi connectivity index (χ4n) is 2.93. The summed E-state index contributed by atoms with van der Waals surface area (Å²) in [5, 5.41) is 3.25. The van der Waals surface area contributed by atoms with E-state index in [0.717, 1.165) is 31.7 Å². The third kappa shape index (κ3) is 3.23. The largest absolute Gasteiger partial charge is 0.422 e. The summed E-state index contributed by atoms with van der Waals surface area (Å²) in [6.07, 6.45) is -3.11. The zero-order valence-electron chi connectivity index (χ0n) is 12.6. The van der Waals surface area contributed by atoms with E-state index >= 15 is 0 Å². The second-order valence-corrected chi connectivity index (χ2v) is 5.72. The molecule has 0 spiro atoms. The van der Waals surface area contributed by atoms with Crippen LogP contribution >= 0.6 is 0 Å². The molecule has 0 atom stereocenters. The lowest BCUT2D eigenvalue weighted by Gasteiger charge is -2.27. The van der Waals surface area contributed by atoms with Crippen molar-refractivity contribution in [2.75, 3.05) is 26.2 Å². The molecule has 1 saturated heterocycles. The molecule has 23 heavy (non-hydrogen) atoms. The zero-order chi connectivity index (χ0) is 16.6. The van der Waals surface area contributed by atoms with Gasteiger partial charge < -0.3 is 10.3 Å². The number of alkyl halides is 3. The predicted octanol–water partition coefficient (Wildman–Crippen LogP) is 1.66. The van der Waals surface area contributed by atoms with Gasteiger partial charge in [-0.2, -0.15) is 13.2 Å². The van der Waals surface area contributed by atoms with Crippen molar-refractivity contribution in [1.29, 1.82) is 0 Å². The summed E-state index contributed by atoms with van der Waals surface area (Å²) in [6, 6.07) is 1.71. The number of aryl methyl sites for hydroxylation is 1. The van der Waals surface area contributed by atoms with E-state index in [1.54, 1.807) is 12.3 Å². The number of hydrogen-bond donors (Lipinski definition) is 2. The molecule has 5 nitrogen and oxygen atoms in total. The summed E-state index contributed by atoms with van der Waals surface area (Å²) in [5.74, 6) is 0. The van der Waals surface area contributed by atoms with Crippen LogP contribution in [0.1, 0.15) is 16.7 Å². The van der Waals surface area contributed by atoms with Crippen LogP contribution in [0.2, 0.25) is 0 Å². The second-order valence-electron chi connectivity index (χ2n) is 5.72. The minimum Gasteiger partial charge on any atom is -0.320 e. The monoisotopic (exact) mass is 326 g/mol. The highest BCUT2D eigenvalue weighted by molar-refractivity contribution is 5.79. The van der Waals surface area contributed by atoms with Crippen molar-refractivity contribution in [2.24, 2.45) is 0 Å². The molecule has 2 aromatic rings. The lowest BCUT2D eigenvalue weighted by atomic mass is 10.1. The minimum atomic E-state index is -4.69. The van der Waals surface area contributed by atoms with Gasteiger partial charge in [0.15, 0.2) is 0 Å². The van der Waals surface area contributed by atoms with Crippen LogP contribution in [0.4, 0.5) is 13.2 Å². The van der Waals surface area contributed by atoms with Gasteiger partial charge in [-0.15, -0.1) is 0 Å². The first-order valence-corrected chi connectivity index (χ1v) is 7.38. The number of aromatic amines is 1. The Balaban J connectivity index is 1.99. The van der Waals surface area contributed by atoms with Gasteiger partial charge in [0, 0.05) is 38.9 Å². The number of nitrogens with one attached hydrogen (secondary N) is 2. The molecule has 0 aromatic carbocycles. The maximum absolute atomic E-state index is 13.0. The molecule has 2 aromatic heterocycles. The highest BCUT2D eigenvalue weighted by Crippen LogP contribution is 2.31. The molecule has 8 heteroatoms. The molecule has 2 N–H and O–H groups in total. The first-order valence-electron chi connectivity index (χ1n) is 7.38. The van der Waals surface area contributed by atoms with E-state index in [1.807, 2.05) is 0 Å². The first-order chi connectivity index (χ1) is 10.9. The molecule has 0 aliphatic carbocycles. The first kappa shape index (κ1) is 15.9. The lowest BCUT2D eigenvalue weighted by molar-refractivity contribution is -0.139.